The zero-order chi connectivity index (χ0) is 20.3. The molecule has 0 unspecified atom stereocenters. The summed E-state index contributed by atoms with van der Waals surface area (Å²) in [5.74, 6) is 0. The van der Waals surface area contributed by atoms with Gasteiger partial charge in [0.05, 0.1) is 5.70 Å². The van der Waals surface area contributed by atoms with Crippen LogP contribution >= 0.6 is 11.3 Å². The molecule has 1 aliphatic carbocycles. The van der Waals surface area contributed by atoms with Gasteiger partial charge in [-0.1, -0.05) is 79.7 Å². The molecule has 3 aromatic carbocycles. The zero-order valence-corrected chi connectivity index (χ0v) is 22.9. The van der Waals surface area contributed by atoms with Crippen molar-refractivity contribution in [3.05, 3.63) is 114 Å². The average molecular weight is 567 g/mol. The largest absolute Gasteiger partial charge is 3.00 e. The van der Waals surface area contributed by atoms with Gasteiger partial charge in [0, 0.05) is 16.2 Å². The van der Waals surface area contributed by atoms with E-state index in [-0.39, 0.29) is 51.0 Å². The van der Waals surface area contributed by atoms with Crippen molar-refractivity contribution in [2.75, 3.05) is 0 Å². The second-order valence-electron chi connectivity index (χ2n) is 7.37. The Morgan fingerprint density at radius 3 is 2.33 bits per heavy atom. The predicted molar refractivity (Wildman–Crippen MR) is 131 cm³/mol. The number of hydrogen-bond donors (Lipinski definition) is 0. The fourth-order valence-corrected chi connectivity index (χ4v) is 4.74. The Morgan fingerprint density at radius 1 is 0.879 bits per heavy atom. The van der Waals surface area contributed by atoms with Crippen molar-refractivity contribution in [1.29, 1.82) is 0 Å². The maximum Gasteiger partial charge on any atom is 3.00 e. The minimum atomic E-state index is 0. The number of allylic oxidation sites excluding steroid dienone is 4. The number of halogens is 2. The second-order valence-corrected chi connectivity index (χ2v) is 8.45. The van der Waals surface area contributed by atoms with Crippen molar-refractivity contribution in [3.8, 4) is 20.9 Å². The molecule has 0 atom stereocenters. The monoisotopic (exact) mass is 564 g/mol. The van der Waals surface area contributed by atoms with Gasteiger partial charge in [-0.2, -0.15) is 11.3 Å². The molecule has 2 aliphatic rings. The predicted octanol–water partition coefficient (Wildman–Crippen LogP) is 2.19. The summed E-state index contributed by atoms with van der Waals surface area (Å²) in [6.45, 7) is 2.13. The molecule has 163 valence electrons. The molecule has 4 aromatic rings. The van der Waals surface area contributed by atoms with Crippen LogP contribution in [0.2, 0.25) is 0 Å². The number of hydrogen-bond acceptors (Lipinski definition) is 2. The minimum Gasteiger partial charge on any atom is -1.00 e. The number of fused-ring (bicyclic) bond motifs is 2. The molecule has 1 aromatic heterocycles. The summed E-state index contributed by atoms with van der Waals surface area (Å²) >= 11 is 1.85. The molecule has 6 rings (SSSR count). The van der Waals surface area contributed by atoms with Crippen LogP contribution in [0.4, 0.5) is 0 Å². The van der Waals surface area contributed by atoms with E-state index in [0.29, 0.717) is 0 Å². The third-order valence-corrected chi connectivity index (χ3v) is 6.52. The quantitative estimate of drug-likeness (QED) is 0.338. The van der Waals surface area contributed by atoms with E-state index in [9.17, 15) is 0 Å². The first-order valence-corrected chi connectivity index (χ1v) is 11.1. The van der Waals surface area contributed by atoms with Gasteiger partial charge in [0.2, 0.25) is 0 Å². The molecular formula is C28H22Cl2NSZr. The van der Waals surface area contributed by atoms with Crippen molar-refractivity contribution in [2.45, 2.75) is 13.3 Å². The van der Waals surface area contributed by atoms with Gasteiger partial charge < -0.3 is 24.8 Å². The second kappa shape index (κ2) is 12.5. The molecule has 0 saturated carbocycles. The summed E-state index contributed by atoms with van der Waals surface area (Å²) in [7, 11) is 0. The molecule has 0 amide bonds. The van der Waals surface area contributed by atoms with Crippen molar-refractivity contribution in [2.24, 2.45) is 4.99 Å². The van der Waals surface area contributed by atoms with Crippen LogP contribution in [0.3, 0.4) is 0 Å². The molecular weight excluding hydrogens is 545 g/mol. The Hall–Kier alpha value is -1.90. The summed E-state index contributed by atoms with van der Waals surface area (Å²) in [6.07, 6.45) is 9.37. The van der Waals surface area contributed by atoms with Gasteiger partial charge in [-0.25, -0.2) is 0 Å². The van der Waals surface area contributed by atoms with Gasteiger partial charge in [-0.05, 0) is 29.0 Å². The van der Waals surface area contributed by atoms with Crippen molar-refractivity contribution >= 4 is 27.8 Å². The third-order valence-electron chi connectivity index (χ3n) is 5.34. The van der Waals surface area contributed by atoms with Crippen LogP contribution in [0.1, 0.15) is 13.3 Å². The molecule has 0 saturated heterocycles. The van der Waals surface area contributed by atoms with E-state index < -0.39 is 0 Å². The number of nitrogens with zero attached hydrogens (tertiary/aromatic N) is 1. The normalized spacial score (nSPS) is 12.8. The number of rotatable bonds is 3. The molecule has 0 fully saturated rings. The summed E-state index contributed by atoms with van der Waals surface area (Å²) in [5, 5.41) is 2.63. The van der Waals surface area contributed by atoms with Crippen molar-refractivity contribution < 1.29 is 51.0 Å². The van der Waals surface area contributed by atoms with Crippen molar-refractivity contribution in [3.63, 3.8) is 0 Å². The van der Waals surface area contributed by atoms with Crippen LogP contribution in [0, 0.1) is 0 Å². The molecule has 0 N–H and O–H groups in total. The summed E-state index contributed by atoms with van der Waals surface area (Å²) in [5.41, 5.74) is 6.22. The molecule has 33 heavy (non-hydrogen) atoms. The Morgan fingerprint density at radius 2 is 1.61 bits per heavy atom. The van der Waals surface area contributed by atoms with Gasteiger partial charge >= 0.3 is 26.2 Å². The zero-order valence-electron chi connectivity index (χ0n) is 18.1. The fraction of sp³-hybridized carbons (Fsp3) is 0.0714. The van der Waals surface area contributed by atoms with Crippen LogP contribution in [-0.2, 0) is 26.2 Å². The first kappa shape index (κ1) is 27.3. The first-order chi connectivity index (χ1) is 14.8. The van der Waals surface area contributed by atoms with E-state index in [4.69, 9.17) is 0 Å². The molecule has 1 nitrogen and oxygen atoms in total. The Kier molecular flexibility index (Phi) is 10.4. The van der Waals surface area contributed by atoms with Gasteiger partial charge in [-0.3, -0.25) is 4.99 Å². The number of thiophene rings is 1. The molecule has 0 bridgehead atoms. The van der Waals surface area contributed by atoms with E-state index in [1.165, 1.54) is 42.9 Å². The van der Waals surface area contributed by atoms with Crippen LogP contribution in [0.5, 0.6) is 0 Å². The van der Waals surface area contributed by atoms with E-state index in [1.54, 1.807) is 0 Å². The third kappa shape index (κ3) is 6.16. The Bertz CT molecular complexity index is 1290. The van der Waals surface area contributed by atoms with Crippen LogP contribution in [-0.4, -0.2) is 5.71 Å². The number of benzene rings is 2. The first-order valence-electron chi connectivity index (χ1n) is 10.3. The van der Waals surface area contributed by atoms with Gasteiger partial charge in [0.1, 0.15) is 0 Å². The van der Waals surface area contributed by atoms with E-state index in [1.807, 2.05) is 17.4 Å². The SMILES string of the molecule is CCC1=NC2=CC=CC2=C1.[Cl-].[Cl-].[Zr+3].c1ccc(-c2ccc(-c3cc4ccccc4[cH-]3)s2)cc1. The summed E-state index contributed by atoms with van der Waals surface area (Å²) in [6, 6.07) is 28.1. The fourth-order valence-electron chi connectivity index (χ4n) is 3.74. The molecule has 5 heteroatoms. The summed E-state index contributed by atoms with van der Waals surface area (Å²) < 4.78 is 0. The van der Waals surface area contributed by atoms with E-state index >= 15 is 0 Å². The average Bonchev–Trinajstić information content (AvgIpc) is 3.57. The number of aliphatic imine (C=N–C) groups is 1. The molecule has 1 radical (unpaired) electrons. The maximum absolute atomic E-state index is 4.39. The smallest absolute Gasteiger partial charge is 1.00 e. The van der Waals surface area contributed by atoms with Crippen LogP contribution in [0.25, 0.3) is 31.7 Å². The Labute approximate surface area is 231 Å². The van der Waals surface area contributed by atoms with E-state index in [2.05, 4.69) is 109 Å². The molecule has 1 aliphatic heterocycles. The topological polar surface area (TPSA) is 12.4 Å². The molecule has 2 heterocycles. The Balaban J connectivity index is 0.000000255. The van der Waals surface area contributed by atoms with Gasteiger partial charge in [-0.15, -0.1) is 34.5 Å². The van der Waals surface area contributed by atoms with Crippen LogP contribution < -0.4 is 24.8 Å². The van der Waals surface area contributed by atoms with E-state index in [0.717, 1.165) is 12.1 Å². The summed E-state index contributed by atoms with van der Waals surface area (Å²) in [4.78, 5) is 7.05. The van der Waals surface area contributed by atoms with Crippen LogP contribution in [0.15, 0.2) is 119 Å². The maximum atomic E-state index is 4.39. The van der Waals surface area contributed by atoms with Crippen molar-refractivity contribution in [1.82, 2.24) is 0 Å². The molecule has 0 spiro atoms. The van der Waals surface area contributed by atoms with Gasteiger partial charge in [0.15, 0.2) is 0 Å². The minimum absolute atomic E-state index is 0. The van der Waals surface area contributed by atoms with Gasteiger partial charge in [0.25, 0.3) is 0 Å². The standard InChI is InChI=1S/C19H13S.C9H9N.2ClH.Zr/c1-2-6-14(7-3-1)18-10-11-19(20-18)17-12-15-8-4-5-9-16(15)13-17;1-2-8-6-7-4-3-5-9(7)10-8;;;/h1-13H;3-6H,2H2,1H3;2*1H;/q-1;;;;+3/p-2.